The second-order valence-electron chi connectivity index (χ2n) is 3.88. The Morgan fingerprint density at radius 2 is 1.79 bits per heavy atom. The SMILES string of the molecule is C=CCOc1ccccc1N/N=C\c1ccccc1. The third-order valence-electron chi connectivity index (χ3n) is 2.44. The van der Waals surface area contributed by atoms with Crippen molar-refractivity contribution in [3.8, 4) is 5.75 Å². The average molecular weight is 252 g/mol. The minimum absolute atomic E-state index is 0.473. The number of hydrogen-bond donors (Lipinski definition) is 1. The standard InChI is InChI=1S/C16H16N2O/c1-2-12-19-16-11-7-6-10-15(16)18-17-13-14-8-4-3-5-9-14/h2-11,13,18H,1,12H2/b17-13-. The Morgan fingerprint density at radius 3 is 2.58 bits per heavy atom. The molecular formula is C16H16N2O. The third kappa shape index (κ3) is 4.00. The molecule has 0 fully saturated rings. The normalized spacial score (nSPS) is 10.3. The van der Waals surface area contributed by atoms with Crippen LogP contribution >= 0.6 is 0 Å². The number of hydrazone groups is 1. The van der Waals surface area contributed by atoms with E-state index in [0.29, 0.717) is 6.61 Å². The Bertz CT molecular complexity index is 550. The predicted octanol–water partition coefficient (Wildman–Crippen LogP) is 3.70. The summed E-state index contributed by atoms with van der Waals surface area (Å²) in [5.41, 5.74) is 4.85. The molecule has 0 radical (unpaired) electrons. The van der Waals surface area contributed by atoms with Crippen LogP contribution in [0.25, 0.3) is 0 Å². The van der Waals surface area contributed by atoms with Gasteiger partial charge in [0.1, 0.15) is 12.4 Å². The van der Waals surface area contributed by atoms with E-state index >= 15 is 0 Å². The van der Waals surface area contributed by atoms with E-state index in [2.05, 4.69) is 17.1 Å². The molecule has 2 aromatic rings. The molecule has 19 heavy (non-hydrogen) atoms. The number of benzene rings is 2. The first-order valence-electron chi connectivity index (χ1n) is 6.07. The summed E-state index contributed by atoms with van der Waals surface area (Å²) in [5.74, 6) is 0.757. The fourth-order valence-electron chi connectivity index (χ4n) is 1.55. The molecule has 3 nitrogen and oxygen atoms in total. The van der Waals surface area contributed by atoms with Crippen molar-refractivity contribution in [3.63, 3.8) is 0 Å². The Kier molecular flexibility index (Phi) is 4.76. The second-order valence-corrected chi connectivity index (χ2v) is 3.88. The molecule has 0 amide bonds. The van der Waals surface area contributed by atoms with Crippen LogP contribution in [0.3, 0.4) is 0 Å². The quantitative estimate of drug-likeness (QED) is 0.483. The van der Waals surface area contributed by atoms with Crippen LogP contribution < -0.4 is 10.2 Å². The first-order valence-corrected chi connectivity index (χ1v) is 6.07. The average Bonchev–Trinajstić information content (AvgIpc) is 2.47. The van der Waals surface area contributed by atoms with Crippen molar-refractivity contribution in [1.29, 1.82) is 0 Å². The minimum Gasteiger partial charge on any atom is -0.487 e. The lowest BCUT2D eigenvalue weighted by molar-refractivity contribution is 0.365. The van der Waals surface area contributed by atoms with Crippen molar-refractivity contribution < 1.29 is 4.74 Å². The van der Waals surface area contributed by atoms with Gasteiger partial charge in [0.15, 0.2) is 0 Å². The number of rotatable bonds is 6. The van der Waals surface area contributed by atoms with Gasteiger partial charge in [0.05, 0.1) is 11.9 Å². The molecule has 96 valence electrons. The summed E-state index contributed by atoms with van der Waals surface area (Å²) < 4.78 is 5.53. The first-order chi connectivity index (χ1) is 9.40. The maximum atomic E-state index is 5.53. The van der Waals surface area contributed by atoms with E-state index in [0.717, 1.165) is 17.0 Å². The molecule has 0 heterocycles. The molecule has 0 atom stereocenters. The van der Waals surface area contributed by atoms with Gasteiger partial charge in [0.2, 0.25) is 0 Å². The maximum Gasteiger partial charge on any atom is 0.144 e. The topological polar surface area (TPSA) is 33.6 Å². The van der Waals surface area contributed by atoms with Gasteiger partial charge in [-0.05, 0) is 17.7 Å². The van der Waals surface area contributed by atoms with E-state index in [4.69, 9.17) is 4.74 Å². The molecule has 0 spiro atoms. The van der Waals surface area contributed by atoms with E-state index in [-0.39, 0.29) is 0 Å². The van der Waals surface area contributed by atoms with E-state index in [1.807, 2.05) is 54.6 Å². The van der Waals surface area contributed by atoms with Crippen molar-refractivity contribution in [2.24, 2.45) is 5.10 Å². The van der Waals surface area contributed by atoms with Crippen LogP contribution in [-0.4, -0.2) is 12.8 Å². The van der Waals surface area contributed by atoms with Gasteiger partial charge in [-0.3, -0.25) is 5.43 Å². The molecule has 0 aliphatic rings. The van der Waals surface area contributed by atoms with Gasteiger partial charge in [-0.25, -0.2) is 0 Å². The highest BCUT2D eigenvalue weighted by Crippen LogP contribution is 2.23. The van der Waals surface area contributed by atoms with Crippen LogP contribution in [-0.2, 0) is 0 Å². The molecule has 0 saturated heterocycles. The summed E-state index contributed by atoms with van der Waals surface area (Å²) in [6.45, 7) is 4.11. The zero-order chi connectivity index (χ0) is 13.3. The van der Waals surface area contributed by atoms with Gasteiger partial charge in [-0.15, -0.1) is 0 Å². The first kappa shape index (κ1) is 12.9. The lowest BCUT2D eigenvalue weighted by Gasteiger charge is -2.08. The zero-order valence-electron chi connectivity index (χ0n) is 10.6. The van der Waals surface area contributed by atoms with E-state index in [1.54, 1.807) is 12.3 Å². The fourth-order valence-corrected chi connectivity index (χ4v) is 1.55. The van der Waals surface area contributed by atoms with Gasteiger partial charge < -0.3 is 4.74 Å². The number of nitrogens with zero attached hydrogens (tertiary/aromatic N) is 1. The molecule has 1 N–H and O–H groups in total. The summed E-state index contributed by atoms with van der Waals surface area (Å²) in [7, 11) is 0. The van der Waals surface area contributed by atoms with Crippen molar-refractivity contribution in [3.05, 3.63) is 72.8 Å². The Balaban J connectivity index is 2.03. The second kappa shape index (κ2) is 7.01. The van der Waals surface area contributed by atoms with Gasteiger partial charge in [0, 0.05) is 0 Å². The van der Waals surface area contributed by atoms with E-state index in [1.165, 1.54) is 0 Å². The van der Waals surface area contributed by atoms with Crippen LogP contribution in [0.5, 0.6) is 5.75 Å². The molecule has 0 bridgehead atoms. The molecule has 3 heteroatoms. The lowest BCUT2D eigenvalue weighted by Crippen LogP contribution is -1.98. The Morgan fingerprint density at radius 1 is 1.05 bits per heavy atom. The molecule has 0 unspecified atom stereocenters. The summed E-state index contributed by atoms with van der Waals surface area (Å²) >= 11 is 0. The van der Waals surface area contributed by atoms with Crippen LogP contribution in [0.1, 0.15) is 5.56 Å². The highest BCUT2D eigenvalue weighted by molar-refractivity contribution is 5.80. The molecule has 2 aromatic carbocycles. The minimum atomic E-state index is 0.473. The monoisotopic (exact) mass is 252 g/mol. The predicted molar refractivity (Wildman–Crippen MR) is 79.8 cm³/mol. The molecule has 0 aliphatic heterocycles. The van der Waals surface area contributed by atoms with Crippen molar-refractivity contribution >= 4 is 11.9 Å². The smallest absolute Gasteiger partial charge is 0.144 e. The van der Waals surface area contributed by atoms with Crippen LogP contribution in [0, 0.1) is 0 Å². The summed E-state index contributed by atoms with van der Waals surface area (Å²) in [4.78, 5) is 0. The zero-order valence-corrected chi connectivity index (χ0v) is 10.6. The van der Waals surface area contributed by atoms with Crippen molar-refractivity contribution in [1.82, 2.24) is 0 Å². The number of para-hydroxylation sites is 2. The molecule has 2 rings (SSSR count). The fraction of sp³-hybridized carbons (Fsp3) is 0.0625. The maximum absolute atomic E-state index is 5.53. The number of hydrogen-bond acceptors (Lipinski definition) is 3. The molecule has 0 aliphatic carbocycles. The molecule has 0 saturated carbocycles. The third-order valence-corrected chi connectivity index (χ3v) is 2.44. The summed E-state index contributed by atoms with van der Waals surface area (Å²) in [6.07, 6.45) is 3.48. The summed E-state index contributed by atoms with van der Waals surface area (Å²) in [6, 6.07) is 17.6. The van der Waals surface area contributed by atoms with E-state index < -0.39 is 0 Å². The Labute approximate surface area is 113 Å². The van der Waals surface area contributed by atoms with Gasteiger partial charge in [0.25, 0.3) is 0 Å². The van der Waals surface area contributed by atoms with E-state index in [9.17, 15) is 0 Å². The number of anilines is 1. The van der Waals surface area contributed by atoms with Gasteiger partial charge >= 0.3 is 0 Å². The van der Waals surface area contributed by atoms with Crippen molar-refractivity contribution in [2.75, 3.05) is 12.0 Å². The summed E-state index contributed by atoms with van der Waals surface area (Å²) in [5, 5.41) is 4.20. The van der Waals surface area contributed by atoms with Gasteiger partial charge in [-0.1, -0.05) is 55.1 Å². The van der Waals surface area contributed by atoms with Crippen LogP contribution in [0.4, 0.5) is 5.69 Å². The largest absolute Gasteiger partial charge is 0.487 e. The molecule has 0 aromatic heterocycles. The number of ether oxygens (including phenoxy) is 1. The highest BCUT2D eigenvalue weighted by atomic mass is 16.5. The lowest BCUT2D eigenvalue weighted by atomic mass is 10.2. The molecular weight excluding hydrogens is 236 g/mol. The number of nitrogens with one attached hydrogen (secondary N) is 1. The van der Waals surface area contributed by atoms with Crippen molar-refractivity contribution in [2.45, 2.75) is 0 Å². The van der Waals surface area contributed by atoms with Gasteiger partial charge in [-0.2, -0.15) is 5.10 Å². The van der Waals surface area contributed by atoms with Crippen LogP contribution in [0.2, 0.25) is 0 Å². The van der Waals surface area contributed by atoms with Crippen LogP contribution in [0.15, 0.2) is 72.4 Å². The highest BCUT2D eigenvalue weighted by Gasteiger charge is 1.99. The Hall–Kier alpha value is -2.55.